The Morgan fingerprint density at radius 3 is 2.56 bits per heavy atom. The SMILES string of the molecule is CC(=O)N[C@@H](Cc1ccccc1)C(=O)NCCOC(=O)C[C@@H]1OC(=O)c2c(C)cccc21. The minimum atomic E-state index is -0.733. The molecule has 32 heavy (non-hydrogen) atoms. The number of rotatable bonds is 9. The van der Waals surface area contributed by atoms with Gasteiger partial charge >= 0.3 is 11.9 Å². The summed E-state index contributed by atoms with van der Waals surface area (Å²) in [5, 5.41) is 5.31. The van der Waals surface area contributed by atoms with E-state index in [1.54, 1.807) is 6.07 Å². The molecule has 0 saturated heterocycles. The quantitative estimate of drug-likeness (QED) is 0.458. The topological polar surface area (TPSA) is 111 Å². The number of aryl methyl sites for hydroxylation is 1. The van der Waals surface area contributed by atoms with Gasteiger partial charge in [-0.15, -0.1) is 0 Å². The highest BCUT2D eigenvalue weighted by Gasteiger charge is 2.34. The summed E-state index contributed by atoms with van der Waals surface area (Å²) in [6.45, 7) is 3.22. The monoisotopic (exact) mass is 438 g/mol. The Hall–Kier alpha value is -3.68. The third-order valence-electron chi connectivity index (χ3n) is 5.10. The van der Waals surface area contributed by atoms with Crippen molar-refractivity contribution in [2.24, 2.45) is 0 Å². The molecule has 0 radical (unpaired) electrons. The highest BCUT2D eigenvalue weighted by Crippen LogP contribution is 2.34. The molecule has 1 aliphatic rings. The molecular weight excluding hydrogens is 412 g/mol. The number of carbonyl (C=O) groups is 4. The van der Waals surface area contributed by atoms with E-state index < -0.39 is 24.1 Å². The Bertz CT molecular complexity index is 1000. The van der Waals surface area contributed by atoms with Gasteiger partial charge in [0.2, 0.25) is 11.8 Å². The molecule has 8 nitrogen and oxygen atoms in total. The minimum Gasteiger partial charge on any atom is -0.464 e. The molecule has 0 fully saturated rings. The maximum atomic E-state index is 12.5. The van der Waals surface area contributed by atoms with E-state index in [1.165, 1.54) is 6.92 Å². The zero-order valence-electron chi connectivity index (χ0n) is 18.1. The number of hydrogen-bond donors (Lipinski definition) is 2. The summed E-state index contributed by atoms with van der Waals surface area (Å²) in [4.78, 5) is 48.2. The van der Waals surface area contributed by atoms with E-state index in [2.05, 4.69) is 10.6 Å². The van der Waals surface area contributed by atoms with Crippen LogP contribution in [0.2, 0.25) is 0 Å². The third-order valence-corrected chi connectivity index (χ3v) is 5.10. The molecule has 2 N–H and O–H groups in total. The number of amides is 2. The Balaban J connectivity index is 1.45. The van der Waals surface area contributed by atoms with Crippen LogP contribution >= 0.6 is 0 Å². The van der Waals surface area contributed by atoms with Crippen molar-refractivity contribution in [1.82, 2.24) is 10.6 Å². The summed E-state index contributed by atoms with van der Waals surface area (Å²) < 4.78 is 10.5. The summed E-state index contributed by atoms with van der Waals surface area (Å²) in [6.07, 6.45) is -0.425. The lowest BCUT2D eigenvalue weighted by Gasteiger charge is -2.18. The van der Waals surface area contributed by atoms with Crippen molar-refractivity contribution in [3.63, 3.8) is 0 Å². The Kier molecular flexibility index (Phi) is 7.59. The maximum Gasteiger partial charge on any atom is 0.339 e. The van der Waals surface area contributed by atoms with Crippen molar-refractivity contribution in [2.45, 2.75) is 38.8 Å². The van der Waals surface area contributed by atoms with E-state index in [0.29, 0.717) is 17.5 Å². The summed E-state index contributed by atoms with van der Waals surface area (Å²) >= 11 is 0. The molecule has 0 unspecified atom stereocenters. The van der Waals surface area contributed by atoms with Gasteiger partial charge in [0.1, 0.15) is 18.8 Å². The first-order valence-electron chi connectivity index (χ1n) is 10.4. The second kappa shape index (κ2) is 10.6. The van der Waals surface area contributed by atoms with Crippen molar-refractivity contribution in [3.05, 3.63) is 70.8 Å². The van der Waals surface area contributed by atoms with E-state index in [1.807, 2.05) is 49.4 Å². The summed E-state index contributed by atoms with van der Waals surface area (Å²) in [7, 11) is 0. The number of benzene rings is 2. The van der Waals surface area contributed by atoms with E-state index in [-0.39, 0.29) is 31.4 Å². The van der Waals surface area contributed by atoms with Crippen LogP contribution in [0, 0.1) is 6.92 Å². The van der Waals surface area contributed by atoms with Crippen LogP contribution in [0.15, 0.2) is 48.5 Å². The van der Waals surface area contributed by atoms with Crippen molar-refractivity contribution in [3.8, 4) is 0 Å². The summed E-state index contributed by atoms with van der Waals surface area (Å²) in [5.74, 6) is -1.65. The summed E-state index contributed by atoms with van der Waals surface area (Å²) in [5.41, 5.74) is 2.89. The number of ether oxygens (including phenoxy) is 2. The molecule has 0 aliphatic carbocycles. The van der Waals surface area contributed by atoms with Gasteiger partial charge in [-0.3, -0.25) is 14.4 Å². The van der Waals surface area contributed by atoms with Crippen LogP contribution in [-0.4, -0.2) is 42.9 Å². The zero-order valence-corrected chi connectivity index (χ0v) is 18.1. The van der Waals surface area contributed by atoms with Gasteiger partial charge in [0, 0.05) is 18.9 Å². The Morgan fingerprint density at radius 1 is 1.09 bits per heavy atom. The Labute approximate surface area is 186 Å². The van der Waals surface area contributed by atoms with Gasteiger partial charge in [0.15, 0.2) is 0 Å². The lowest BCUT2D eigenvalue weighted by Crippen LogP contribution is -2.48. The molecule has 0 bridgehead atoms. The number of nitrogens with one attached hydrogen (secondary N) is 2. The zero-order chi connectivity index (χ0) is 23.1. The van der Waals surface area contributed by atoms with Crippen LogP contribution in [0.3, 0.4) is 0 Å². The fourth-order valence-electron chi connectivity index (χ4n) is 3.62. The molecular formula is C24H26N2O6. The highest BCUT2D eigenvalue weighted by atomic mass is 16.6. The molecule has 1 heterocycles. The van der Waals surface area contributed by atoms with Crippen LogP contribution in [0.25, 0.3) is 0 Å². The first kappa shape index (κ1) is 23.0. The van der Waals surface area contributed by atoms with Gasteiger partial charge in [0.05, 0.1) is 18.5 Å². The smallest absolute Gasteiger partial charge is 0.339 e. The Morgan fingerprint density at radius 2 is 1.84 bits per heavy atom. The largest absolute Gasteiger partial charge is 0.464 e. The van der Waals surface area contributed by atoms with Gasteiger partial charge in [-0.1, -0.05) is 48.5 Å². The molecule has 3 rings (SSSR count). The van der Waals surface area contributed by atoms with Crippen LogP contribution in [0.4, 0.5) is 0 Å². The first-order valence-corrected chi connectivity index (χ1v) is 10.4. The number of esters is 2. The van der Waals surface area contributed by atoms with E-state index in [0.717, 1.165) is 11.1 Å². The van der Waals surface area contributed by atoms with Gasteiger partial charge in [0.25, 0.3) is 0 Å². The third kappa shape index (κ3) is 5.94. The summed E-state index contributed by atoms with van der Waals surface area (Å²) in [6, 6.07) is 14.0. The molecule has 0 aromatic heterocycles. The number of fused-ring (bicyclic) bond motifs is 1. The molecule has 2 atom stereocenters. The number of cyclic esters (lactones) is 1. The second-order valence-corrected chi connectivity index (χ2v) is 7.59. The van der Waals surface area contributed by atoms with Crippen LogP contribution in [0.1, 0.15) is 46.5 Å². The first-order chi connectivity index (χ1) is 15.3. The number of carbonyl (C=O) groups excluding carboxylic acids is 4. The molecule has 0 spiro atoms. The molecule has 2 aromatic carbocycles. The normalized spacial score (nSPS) is 15.3. The van der Waals surface area contributed by atoms with Crippen LogP contribution in [0.5, 0.6) is 0 Å². The standard InChI is InChI=1S/C24H26N2O6/c1-15-7-6-10-18-20(32-24(30)22(15)18)14-21(28)31-12-11-25-23(29)19(26-16(2)27)13-17-8-4-3-5-9-17/h3-10,19-20H,11-14H2,1-2H3,(H,25,29)(H,26,27)/t19-,20-/m0/s1. The van der Waals surface area contributed by atoms with Gasteiger partial charge in [-0.05, 0) is 18.1 Å². The molecule has 8 heteroatoms. The predicted molar refractivity (Wildman–Crippen MR) is 116 cm³/mol. The van der Waals surface area contributed by atoms with Crippen molar-refractivity contribution in [1.29, 1.82) is 0 Å². The fraction of sp³-hybridized carbons (Fsp3) is 0.333. The van der Waals surface area contributed by atoms with Gasteiger partial charge in [-0.25, -0.2) is 4.79 Å². The van der Waals surface area contributed by atoms with Crippen molar-refractivity contribution in [2.75, 3.05) is 13.2 Å². The predicted octanol–water partition coefficient (Wildman–Crippen LogP) is 2.00. The van der Waals surface area contributed by atoms with E-state index >= 15 is 0 Å². The fourth-order valence-corrected chi connectivity index (χ4v) is 3.62. The van der Waals surface area contributed by atoms with Gasteiger partial charge < -0.3 is 20.1 Å². The second-order valence-electron chi connectivity index (χ2n) is 7.59. The minimum absolute atomic E-state index is 0.0377. The average molecular weight is 438 g/mol. The van der Waals surface area contributed by atoms with E-state index in [4.69, 9.17) is 9.47 Å². The molecule has 2 aromatic rings. The van der Waals surface area contributed by atoms with Gasteiger partial charge in [-0.2, -0.15) is 0 Å². The van der Waals surface area contributed by atoms with E-state index in [9.17, 15) is 19.2 Å². The highest BCUT2D eigenvalue weighted by molar-refractivity contribution is 5.96. The van der Waals surface area contributed by atoms with Crippen molar-refractivity contribution >= 4 is 23.8 Å². The molecule has 1 aliphatic heterocycles. The average Bonchev–Trinajstić information content (AvgIpc) is 3.07. The molecule has 2 amide bonds. The lowest BCUT2D eigenvalue weighted by molar-refractivity contribution is -0.146. The lowest BCUT2D eigenvalue weighted by atomic mass is 9.99. The van der Waals surface area contributed by atoms with Crippen LogP contribution < -0.4 is 10.6 Å². The number of hydrogen-bond acceptors (Lipinski definition) is 6. The molecule has 0 saturated carbocycles. The molecule has 168 valence electrons. The van der Waals surface area contributed by atoms with Crippen molar-refractivity contribution < 1.29 is 28.7 Å². The van der Waals surface area contributed by atoms with Crippen LogP contribution in [-0.2, 0) is 30.3 Å². The maximum absolute atomic E-state index is 12.5.